The maximum atomic E-state index is 11.7. The van der Waals surface area contributed by atoms with Gasteiger partial charge in [0.05, 0.1) is 5.01 Å². The van der Waals surface area contributed by atoms with Crippen molar-refractivity contribution in [3.05, 3.63) is 16.1 Å². The van der Waals surface area contributed by atoms with E-state index in [0.29, 0.717) is 25.1 Å². The van der Waals surface area contributed by atoms with Crippen molar-refractivity contribution in [2.75, 3.05) is 6.54 Å². The van der Waals surface area contributed by atoms with E-state index in [1.807, 2.05) is 6.92 Å². The molecule has 5 nitrogen and oxygen atoms in total. The summed E-state index contributed by atoms with van der Waals surface area (Å²) in [6.07, 6.45) is 1.17. The predicted octanol–water partition coefficient (Wildman–Crippen LogP) is 0.460. The Morgan fingerprint density at radius 1 is 1.69 bits per heavy atom. The van der Waals surface area contributed by atoms with E-state index in [2.05, 4.69) is 15.6 Å². The summed E-state index contributed by atoms with van der Waals surface area (Å²) in [6, 6.07) is 0.0206. The zero-order valence-electron chi connectivity index (χ0n) is 8.95. The standard InChI is InChI=1S/C10H13N3O2S/c1-6-12-8(5-16-6)10(15)13-7-2-3-9(14)11-4-7/h5,7H,2-4H2,1H3,(H,11,14)(H,13,15). The minimum atomic E-state index is -0.162. The molecule has 0 bridgehead atoms. The van der Waals surface area contributed by atoms with E-state index in [-0.39, 0.29) is 17.9 Å². The van der Waals surface area contributed by atoms with Crippen molar-refractivity contribution < 1.29 is 9.59 Å². The fraction of sp³-hybridized carbons (Fsp3) is 0.500. The van der Waals surface area contributed by atoms with Crippen LogP contribution in [0.4, 0.5) is 0 Å². The van der Waals surface area contributed by atoms with E-state index in [4.69, 9.17) is 0 Å². The molecule has 0 aromatic carbocycles. The SMILES string of the molecule is Cc1nc(C(=O)NC2CCC(=O)NC2)cs1. The summed E-state index contributed by atoms with van der Waals surface area (Å²) in [6.45, 7) is 2.37. The summed E-state index contributed by atoms with van der Waals surface area (Å²) >= 11 is 1.45. The van der Waals surface area contributed by atoms with E-state index >= 15 is 0 Å². The van der Waals surface area contributed by atoms with Gasteiger partial charge in [0.2, 0.25) is 5.91 Å². The lowest BCUT2D eigenvalue weighted by Gasteiger charge is -2.22. The van der Waals surface area contributed by atoms with Gasteiger partial charge in [-0.25, -0.2) is 4.98 Å². The maximum Gasteiger partial charge on any atom is 0.271 e. The Kier molecular flexibility index (Phi) is 3.19. The maximum absolute atomic E-state index is 11.7. The number of piperidine rings is 1. The number of thiazole rings is 1. The van der Waals surface area contributed by atoms with Crippen LogP contribution in [0.3, 0.4) is 0 Å². The van der Waals surface area contributed by atoms with Gasteiger partial charge in [-0.3, -0.25) is 9.59 Å². The van der Waals surface area contributed by atoms with Crippen LogP contribution in [-0.4, -0.2) is 29.4 Å². The minimum Gasteiger partial charge on any atom is -0.354 e. The highest BCUT2D eigenvalue weighted by Crippen LogP contribution is 2.09. The zero-order chi connectivity index (χ0) is 11.5. The van der Waals surface area contributed by atoms with Gasteiger partial charge in [-0.2, -0.15) is 0 Å². The first-order valence-corrected chi connectivity index (χ1v) is 6.03. The van der Waals surface area contributed by atoms with Gasteiger partial charge in [-0.05, 0) is 13.3 Å². The molecule has 1 fully saturated rings. The van der Waals surface area contributed by atoms with Crippen LogP contribution in [0.1, 0.15) is 28.3 Å². The Morgan fingerprint density at radius 2 is 2.50 bits per heavy atom. The molecule has 16 heavy (non-hydrogen) atoms. The molecule has 1 aliphatic heterocycles. The van der Waals surface area contributed by atoms with Gasteiger partial charge in [0.25, 0.3) is 5.91 Å². The molecule has 0 radical (unpaired) electrons. The van der Waals surface area contributed by atoms with Crippen molar-refractivity contribution in [2.45, 2.75) is 25.8 Å². The number of aryl methyl sites for hydroxylation is 1. The molecule has 1 unspecified atom stereocenters. The third-order valence-electron chi connectivity index (χ3n) is 2.45. The second kappa shape index (κ2) is 4.61. The molecule has 1 atom stereocenters. The number of rotatable bonds is 2. The molecule has 1 aliphatic rings. The number of carbonyl (C=O) groups excluding carboxylic acids is 2. The smallest absolute Gasteiger partial charge is 0.271 e. The van der Waals surface area contributed by atoms with Gasteiger partial charge < -0.3 is 10.6 Å². The summed E-state index contributed by atoms with van der Waals surface area (Å²) in [5.74, 6) is -0.111. The van der Waals surface area contributed by atoms with E-state index in [9.17, 15) is 9.59 Å². The van der Waals surface area contributed by atoms with E-state index in [0.717, 1.165) is 5.01 Å². The lowest BCUT2D eigenvalue weighted by molar-refractivity contribution is -0.122. The van der Waals surface area contributed by atoms with Crippen LogP contribution < -0.4 is 10.6 Å². The number of carbonyl (C=O) groups is 2. The van der Waals surface area contributed by atoms with Crippen LogP contribution in [0.2, 0.25) is 0 Å². The van der Waals surface area contributed by atoms with E-state index in [1.165, 1.54) is 11.3 Å². The Balaban J connectivity index is 1.90. The molecule has 2 rings (SSSR count). The van der Waals surface area contributed by atoms with Gasteiger partial charge >= 0.3 is 0 Å². The molecule has 86 valence electrons. The lowest BCUT2D eigenvalue weighted by Crippen LogP contribution is -2.47. The van der Waals surface area contributed by atoms with Crippen molar-refractivity contribution in [3.8, 4) is 0 Å². The Bertz CT molecular complexity index is 406. The van der Waals surface area contributed by atoms with Crippen molar-refractivity contribution in [3.63, 3.8) is 0 Å². The Labute approximate surface area is 97.3 Å². The highest BCUT2D eigenvalue weighted by atomic mass is 32.1. The van der Waals surface area contributed by atoms with Gasteiger partial charge in [0, 0.05) is 24.4 Å². The molecule has 1 aromatic rings. The second-order valence-electron chi connectivity index (χ2n) is 3.76. The highest BCUT2D eigenvalue weighted by molar-refractivity contribution is 7.09. The molecule has 0 spiro atoms. The first-order valence-electron chi connectivity index (χ1n) is 5.15. The van der Waals surface area contributed by atoms with Crippen LogP contribution in [0.15, 0.2) is 5.38 Å². The molecular weight excluding hydrogens is 226 g/mol. The number of hydrogen-bond donors (Lipinski definition) is 2. The van der Waals surface area contributed by atoms with Crippen molar-refractivity contribution in [2.24, 2.45) is 0 Å². The van der Waals surface area contributed by atoms with Gasteiger partial charge in [0.15, 0.2) is 0 Å². The van der Waals surface area contributed by atoms with Gasteiger partial charge in [-0.15, -0.1) is 11.3 Å². The molecule has 1 aromatic heterocycles. The fourth-order valence-corrected chi connectivity index (χ4v) is 2.18. The van der Waals surface area contributed by atoms with E-state index < -0.39 is 0 Å². The van der Waals surface area contributed by atoms with Crippen LogP contribution >= 0.6 is 11.3 Å². The molecule has 2 N–H and O–H groups in total. The lowest BCUT2D eigenvalue weighted by atomic mass is 10.1. The monoisotopic (exact) mass is 239 g/mol. The summed E-state index contributed by atoms with van der Waals surface area (Å²) in [5.41, 5.74) is 0.458. The first kappa shape index (κ1) is 11.1. The third-order valence-corrected chi connectivity index (χ3v) is 3.23. The van der Waals surface area contributed by atoms with Crippen molar-refractivity contribution in [1.82, 2.24) is 15.6 Å². The molecule has 2 heterocycles. The van der Waals surface area contributed by atoms with Gasteiger partial charge in [0.1, 0.15) is 5.69 Å². The first-order chi connectivity index (χ1) is 7.65. The molecule has 0 aliphatic carbocycles. The normalized spacial score (nSPS) is 20.3. The van der Waals surface area contributed by atoms with Gasteiger partial charge in [-0.1, -0.05) is 0 Å². The molecular formula is C10H13N3O2S. The fourth-order valence-electron chi connectivity index (χ4n) is 1.58. The average Bonchev–Trinajstić information content (AvgIpc) is 2.68. The molecule has 6 heteroatoms. The topological polar surface area (TPSA) is 71.1 Å². The van der Waals surface area contributed by atoms with Crippen LogP contribution in [0.25, 0.3) is 0 Å². The summed E-state index contributed by atoms with van der Waals surface area (Å²) in [5, 5.41) is 8.20. The number of hydrogen-bond acceptors (Lipinski definition) is 4. The second-order valence-corrected chi connectivity index (χ2v) is 4.83. The average molecular weight is 239 g/mol. The summed E-state index contributed by atoms with van der Waals surface area (Å²) < 4.78 is 0. The van der Waals surface area contributed by atoms with E-state index in [1.54, 1.807) is 5.38 Å². The van der Waals surface area contributed by atoms with Crippen molar-refractivity contribution in [1.29, 1.82) is 0 Å². The van der Waals surface area contributed by atoms with Crippen LogP contribution in [-0.2, 0) is 4.79 Å². The van der Waals surface area contributed by atoms with Crippen molar-refractivity contribution >= 4 is 23.2 Å². The predicted molar refractivity (Wildman–Crippen MR) is 60.3 cm³/mol. The third kappa shape index (κ3) is 2.57. The number of aromatic nitrogens is 1. The number of nitrogens with one attached hydrogen (secondary N) is 2. The summed E-state index contributed by atoms with van der Waals surface area (Å²) in [4.78, 5) is 26.8. The number of nitrogens with zero attached hydrogens (tertiary/aromatic N) is 1. The number of amides is 2. The molecule has 2 amide bonds. The largest absolute Gasteiger partial charge is 0.354 e. The minimum absolute atomic E-state index is 0.0206. The molecule has 1 saturated heterocycles. The zero-order valence-corrected chi connectivity index (χ0v) is 9.76. The Morgan fingerprint density at radius 3 is 3.06 bits per heavy atom. The highest BCUT2D eigenvalue weighted by Gasteiger charge is 2.20. The molecule has 0 saturated carbocycles. The quantitative estimate of drug-likeness (QED) is 0.787. The Hall–Kier alpha value is -1.43. The summed E-state index contributed by atoms with van der Waals surface area (Å²) in [7, 11) is 0. The van der Waals surface area contributed by atoms with Crippen LogP contribution in [0, 0.1) is 6.92 Å². The van der Waals surface area contributed by atoms with Crippen LogP contribution in [0.5, 0.6) is 0 Å².